The SMILES string of the molecule is COCC1(C(=O)O)CCN(C(=O)C2CCCOC2c2ccc(C)cc2)C1. The zero-order valence-electron chi connectivity index (χ0n) is 15.4. The van der Waals surface area contributed by atoms with Crippen molar-refractivity contribution in [2.24, 2.45) is 11.3 Å². The number of ether oxygens (including phenoxy) is 2. The highest BCUT2D eigenvalue weighted by atomic mass is 16.5. The van der Waals surface area contributed by atoms with Crippen LogP contribution in [0.25, 0.3) is 0 Å². The third-order valence-corrected chi connectivity index (χ3v) is 5.59. The maximum absolute atomic E-state index is 13.2. The van der Waals surface area contributed by atoms with Crippen LogP contribution in [-0.2, 0) is 19.1 Å². The number of carboxylic acids is 1. The van der Waals surface area contributed by atoms with Gasteiger partial charge in [0, 0.05) is 26.8 Å². The first-order valence-electron chi connectivity index (χ1n) is 9.16. The smallest absolute Gasteiger partial charge is 0.313 e. The first-order chi connectivity index (χ1) is 12.5. The van der Waals surface area contributed by atoms with Gasteiger partial charge in [-0.25, -0.2) is 0 Å². The van der Waals surface area contributed by atoms with E-state index in [2.05, 4.69) is 0 Å². The number of benzene rings is 1. The van der Waals surface area contributed by atoms with E-state index in [1.807, 2.05) is 31.2 Å². The van der Waals surface area contributed by atoms with Gasteiger partial charge in [-0.05, 0) is 31.7 Å². The molecule has 3 rings (SSSR count). The molecular weight excluding hydrogens is 334 g/mol. The summed E-state index contributed by atoms with van der Waals surface area (Å²) in [5.41, 5.74) is 1.17. The lowest BCUT2D eigenvalue weighted by atomic mass is 9.87. The van der Waals surface area contributed by atoms with Crippen molar-refractivity contribution < 1.29 is 24.2 Å². The minimum atomic E-state index is -1.00. The Balaban J connectivity index is 1.77. The van der Waals surface area contributed by atoms with Gasteiger partial charge in [0.05, 0.1) is 18.6 Å². The number of carbonyl (C=O) groups excluding carboxylic acids is 1. The second-order valence-electron chi connectivity index (χ2n) is 7.48. The molecule has 2 saturated heterocycles. The number of likely N-dealkylation sites (tertiary alicyclic amines) is 1. The summed E-state index contributed by atoms with van der Waals surface area (Å²) in [6.07, 6.45) is 1.76. The van der Waals surface area contributed by atoms with Gasteiger partial charge in [-0.1, -0.05) is 29.8 Å². The molecule has 0 spiro atoms. The van der Waals surface area contributed by atoms with Crippen molar-refractivity contribution in [2.45, 2.75) is 32.3 Å². The van der Waals surface area contributed by atoms with Gasteiger partial charge in [0.25, 0.3) is 0 Å². The Hall–Kier alpha value is -1.92. The highest BCUT2D eigenvalue weighted by Crippen LogP contribution is 2.38. The molecule has 0 radical (unpaired) electrons. The van der Waals surface area contributed by atoms with Crippen molar-refractivity contribution in [3.63, 3.8) is 0 Å². The number of aryl methyl sites for hydroxylation is 1. The number of nitrogens with zero attached hydrogens (tertiary/aromatic N) is 1. The molecule has 0 bridgehead atoms. The van der Waals surface area contributed by atoms with E-state index in [1.54, 1.807) is 4.90 Å². The van der Waals surface area contributed by atoms with E-state index in [9.17, 15) is 14.7 Å². The molecule has 6 heteroatoms. The van der Waals surface area contributed by atoms with E-state index >= 15 is 0 Å². The molecule has 0 saturated carbocycles. The third kappa shape index (κ3) is 3.62. The van der Waals surface area contributed by atoms with Crippen LogP contribution in [0.1, 0.15) is 36.5 Å². The number of amides is 1. The van der Waals surface area contributed by atoms with Crippen LogP contribution in [0.5, 0.6) is 0 Å². The van der Waals surface area contributed by atoms with Gasteiger partial charge in [-0.3, -0.25) is 9.59 Å². The fourth-order valence-electron chi connectivity index (χ4n) is 4.04. The standard InChI is InChI=1S/C20H27NO5/c1-14-5-7-15(8-6-14)17-16(4-3-11-26-17)18(22)21-10-9-20(12-21,13-25-2)19(23)24/h5-8,16-17H,3-4,9-13H2,1-2H3,(H,23,24). The van der Waals surface area contributed by atoms with E-state index < -0.39 is 11.4 Å². The quantitative estimate of drug-likeness (QED) is 0.872. The molecule has 1 amide bonds. The normalized spacial score (nSPS) is 28.9. The van der Waals surface area contributed by atoms with Gasteiger partial charge in [0.1, 0.15) is 5.41 Å². The van der Waals surface area contributed by atoms with Crippen LogP contribution in [0, 0.1) is 18.3 Å². The van der Waals surface area contributed by atoms with Crippen LogP contribution in [0.4, 0.5) is 0 Å². The summed E-state index contributed by atoms with van der Waals surface area (Å²) in [4.78, 5) is 26.6. The monoisotopic (exact) mass is 361 g/mol. The summed E-state index contributed by atoms with van der Waals surface area (Å²) in [6.45, 7) is 3.44. The molecule has 2 aliphatic heterocycles. The van der Waals surface area contributed by atoms with E-state index in [0.717, 1.165) is 24.0 Å². The largest absolute Gasteiger partial charge is 0.481 e. The Morgan fingerprint density at radius 1 is 1.35 bits per heavy atom. The van der Waals surface area contributed by atoms with Gasteiger partial charge >= 0.3 is 5.97 Å². The van der Waals surface area contributed by atoms with Crippen molar-refractivity contribution in [3.05, 3.63) is 35.4 Å². The molecule has 0 aliphatic carbocycles. The highest BCUT2D eigenvalue weighted by molar-refractivity contribution is 5.83. The van der Waals surface area contributed by atoms with Crippen LogP contribution >= 0.6 is 0 Å². The average Bonchev–Trinajstić information content (AvgIpc) is 3.08. The van der Waals surface area contributed by atoms with Gasteiger partial charge < -0.3 is 19.5 Å². The average molecular weight is 361 g/mol. The highest BCUT2D eigenvalue weighted by Gasteiger charge is 2.48. The van der Waals surface area contributed by atoms with E-state index in [4.69, 9.17) is 9.47 Å². The number of rotatable bonds is 5. The summed E-state index contributed by atoms with van der Waals surface area (Å²) >= 11 is 0. The number of methoxy groups -OCH3 is 1. The van der Waals surface area contributed by atoms with Crippen molar-refractivity contribution in [2.75, 3.05) is 33.4 Å². The number of aliphatic carboxylic acids is 1. The topological polar surface area (TPSA) is 76.1 Å². The molecule has 2 heterocycles. The number of carbonyl (C=O) groups is 2. The van der Waals surface area contributed by atoms with Gasteiger partial charge in [-0.2, -0.15) is 0 Å². The van der Waals surface area contributed by atoms with Gasteiger partial charge in [0.15, 0.2) is 0 Å². The second kappa shape index (κ2) is 7.76. The molecule has 142 valence electrons. The molecule has 26 heavy (non-hydrogen) atoms. The van der Waals surface area contributed by atoms with E-state index in [0.29, 0.717) is 19.6 Å². The Labute approximate surface area is 154 Å². The molecule has 2 aliphatic rings. The lowest BCUT2D eigenvalue weighted by Crippen LogP contribution is -2.43. The van der Waals surface area contributed by atoms with Crippen LogP contribution in [0.3, 0.4) is 0 Å². The summed E-state index contributed by atoms with van der Waals surface area (Å²) < 4.78 is 11.1. The third-order valence-electron chi connectivity index (χ3n) is 5.59. The Morgan fingerprint density at radius 2 is 2.08 bits per heavy atom. The molecule has 6 nitrogen and oxygen atoms in total. The molecule has 2 fully saturated rings. The summed E-state index contributed by atoms with van der Waals surface area (Å²) in [6, 6.07) is 8.08. The molecule has 3 unspecified atom stereocenters. The predicted molar refractivity (Wildman–Crippen MR) is 95.7 cm³/mol. The fraction of sp³-hybridized carbons (Fsp3) is 0.600. The fourth-order valence-corrected chi connectivity index (χ4v) is 4.04. The minimum Gasteiger partial charge on any atom is -0.481 e. The number of hydrogen-bond acceptors (Lipinski definition) is 4. The zero-order chi connectivity index (χ0) is 18.7. The maximum Gasteiger partial charge on any atom is 0.313 e. The van der Waals surface area contributed by atoms with Crippen LogP contribution in [0.2, 0.25) is 0 Å². The van der Waals surface area contributed by atoms with Gasteiger partial charge in [-0.15, -0.1) is 0 Å². The Bertz CT molecular complexity index is 659. The van der Waals surface area contributed by atoms with Crippen molar-refractivity contribution in [1.82, 2.24) is 4.90 Å². The molecule has 0 aromatic heterocycles. The van der Waals surface area contributed by atoms with Gasteiger partial charge in [0.2, 0.25) is 5.91 Å². The lowest BCUT2D eigenvalue weighted by Gasteiger charge is -2.34. The molecule has 1 aromatic rings. The number of hydrogen-bond donors (Lipinski definition) is 1. The summed E-state index contributed by atoms with van der Waals surface area (Å²) in [7, 11) is 1.50. The first kappa shape index (κ1) is 18.9. The number of carboxylic acid groups (broad SMARTS) is 1. The molecule has 3 atom stereocenters. The van der Waals surface area contributed by atoms with E-state index in [-0.39, 0.29) is 31.1 Å². The molecular formula is C20H27NO5. The Morgan fingerprint density at radius 3 is 2.73 bits per heavy atom. The lowest BCUT2D eigenvalue weighted by molar-refractivity contribution is -0.152. The first-order valence-corrected chi connectivity index (χ1v) is 9.16. The van der Waals surface area contributed by atoms with Crippen molar-refractivity contribution >= 4 is 11.9 Å². The zero-order valence-corrected chi connectivity index (χ0v) is 15.4. The van der Waals surface area contributed by atoms with Crippen LogP contribution in [0.15, 0.2) is 24.3 Å². The maximum atomic E-state index is 13.2. The predicted octanol–water partition coefficient (Wildman–Crippen LogP) is 2.41. The van der Waals surface area contributed by atoms with Crippen molar-refractivity contribution in [1.29, 1.82) is 0 Å². The molecule has 1 aromatic carbocycles. The molecule has 1 N–H and O–H groups in total. The van der Waals surface area contributed by atoms with E-state index in [1.165, 1.54) is 7.11 Å². The van der Waals surface area contributed by atoms with Crippen LogP contribution < -0.4 is 0 Å². The summed E-state index contributed by atoms with van der Waals surface area (Å²) in [5.74, 6) is -1.17. The summed E-state index contributed by atoms with van der Waals surface area (Å²) in [5, 5.41) is 9.62. The van der Waals surface area contributed by atoms with Crippen molar-refractivity contribution in [3.8, 4) is 0 Å². The second-order valence-corrected chi connectivity index (χ2v) is 7.48. The van der Waals surface area contributed by atoms with Crippen LogP contribution in [-0.4, -0.2) is 55.3 Å². The Kier molecular flexibility index (Phi) is 5.63. The minimum absolute atomic E-state index is 0.00509.